The summed E-state index contributed by atoms with van der Waals surface area (Å²) in [6.07, 6.45) is 1.87. The summed E-state index contributed by atoms with van der Waals surface area (Å²) >= 11 is 0. The van der Waals surface area contributed by atoms with Crippen LogP contribution in [0.4, 0.5) is 5.69 Å². The molecule has 0 aliphatic carbocycles. The molecule has 0 radical (unpaired) electrons. The van der Waals surface area contributed by atoms with Crippen LogP contribution < -0.4 is 5.32 Å². The monoisotopic (exact) mass is 231 g/mol. The smallest absolute Gasteiger partial charge is 0.269 e. The van der Waals surface area contributed by atoms with Crippen molar-refractivity contribution >= 4 is 5.69 Å². The van der Waals surface area contributed by atoms with Gasteiger partial charge in [0.05, 0.1) is 4.92 Å². The Labute approximate surface area is 98.6 Å². The Morgan fingerprint density at radius 3 is 2.82 bits per heavy atom. The molecule has 0 unspecified atom stereocenters. The number of nitrogens with zero attached hydrogens (tertiary/aromatic N) is 1. The number of hydrogen-bond donors (Lipinski definition) is 2. The molecule has 0 spiro atoms. The highest BCUT2D eigenvalue weighted by atomic mass is 16.6. The fourth-order valence-corrected chi connectivity index (χ4v) is 1.60. The van der Waals surface area contributed by atoms with Crippen LogP contribution in [0.2, 0.25) is 0 Å². The number of H-pyrrole nitrogens is 1. The molecule has 0 aliphatic heterocycles. The fraction of sp³-hybridized carbons (Fsp3) is 0.167. The summed E-state index contributed by atoms with van der Waals surface area (Å²) in [5.41, 5.74) is 2.13. The Morgan fingerprint density at radius 2 is 2.12 bits per heavy atom. The highest BCUT2D eigenvalue weighted by Gasteiger charge is 2.04. The first-order valence-electron chi connectivity index (χ1n) is 5.32. The van der Waals surface area contributed by atoms with Crippen LogP contribution in [0.15, 0.2) is 42.6 Å². The van der Waals surface area contributed by atoms with Crippen LogP contribution in [0.5, 0.6) is 0 Å². The minimum atomic E-state index is -0.380. The van der Waals surface area contributed by atoms with Crippen molar-refractivity contribution in [2.24, 2.45) is 0 Å². The van der Waals surface area contributed by atoms with Crippen LogP contribution >= 0.6 is 0 Å². The normalized spacial score (nSPS) is 10.4. The third-order valence-corrected chi connectivity index (χ3v) is 2.43. The average molecular weight is 231 g/mol. The van der Waals surface area contributed by atoms with Crippen LogP contribution in [-0.2, 0) is 13.1 Å². The molecule has 88 valence electrons. The largest absolute Gasteiger partial charge is 0.364 e. The Bertz CT molecular complexity index is 494. The van der Waals surface area contributed by atoms with Crippen LogP contribution in [0, 0.1) is 10.1 Å². The molecule has 1 heterocycles. The molecule has 0 fully saturated rings. The van der Waals surface area contributed by atoms with Crippen molar-refractivity contribution in [1.29, 1.82) is 0 Å². The third-order valence-electron chi connectivity index (χ3n) is 2.43. The number of hydrogen-bond acceptors (Lipinski definition) is 3. The first kappa shape index (κ1) is 11.3. The quantitative estimate of drug-likeness (QED) is 0.612. The van der Waals surface area contributed by atoms with Crippen LogP contribution in [0.25, 0.3) is 0 Å². The van der Waals surface area contributed by atoms with Gasteiger partial charge in [-0.2, -0.15) is 0 Å². The molecule has 17 heavy (non-hydrogen) atoms. The van der Waals surface area contributed by atoms with Crippen LogP contribution in [0.1, 0.15) is 11.3 Å². The van der Waals surface area contributed by atoms with Crippen molar-refractivity contribution in [3.8, 4) is 0 Å². The lowest BCUT2D eigenvalue weighted by Crippen LogP contribution is -2.12. The second-order valence-corrected chi connectivity index (χ2v) is 3.73. The van der Waals surface area contributed by atoms with E-state index in [1.165, 1.54) is 6.07 Å². The van der Waals surface area contributed by atoms with Gasteiger partial charge in [0, 0.05) is 37.1 Å². The third kappa shape index (κ3) is 3.15. The van der Waals surface area contributed by atoms with Crippen molar-refractivity contribution in [3.63, 3.8) is 0 Å². The second kappa shape index (κ2) is 5.27. The van der Waals surface area contributed by atoms with Gasteiger partial charge in [-0.25, -0.2) is 0 Å². The number of aromatic nitrogens is 1. The first-order chi connectivity index (χ1) is 8.25. The molecule has 0 atom stereocenters. The molecule has 5 heteroatoms. The molecule has 0 aliphatic rings. The number of benzene rings is 1. The van der Waals surface area contributed by atoms with E-state index in [0.717, 1.165) is 17.8 Å². The zero-order valence-corrected chi connectivity index (χ0v) is 9.22. The summed E-state index contributed by atoms with van der Waals surface area (Å²) in [4.78, 5) is 13.3. The number of aromatic amines is 1. The predicted molar refractivity (Wildman–Crippen MR) is 64.4 cm³/mol. The van der Waals surface area contributed by atoms with Crippen molar-refractivity contribution in [1.82, 2.24) is 10.3 Å². The standard InChI is InChI=1S/C12H13N3O2/c16-15(17)12-5-1-3-10(7-12)8-13-9-11-4-2-6-14-11/h1-7,13-14H,8-9H2. The van der Waals surface area contributed by atoms with E-state index < -0.39 is 0 Å². The van der Waals surface area contributed by atoms with Gasteiger partial charge in [-0.15, -0.1) is 0 Å². The summed E-state index contributed by atoms with van der Waals surface area (Å²) in [7, 11) is 0. The zero-order chi connectivity index (χ0) is 12.1. The Kier molecular flexibility index (Phi) is 3.52. The van der Waals surface area contributed by atoms with Crippen LogP contribution in [-0.4, -0.2) is 9.91 Å². The van der Waals surface area contributed by atoms with E-state index in [4.69, 9.17) is 0 Å². The van der Waals surface area contributed by atoms with Gasteiger partial charge in [0.25, 0.3) is 5.69 Å². The topological polar surface area (TPSA) is 71.0 Å². The van der Waals surface area contributed by atoms with E-state index in [2.05, 4.69) is 10.3 Å². The zero-order valence-electron chi connectivity index (χ0n) is 9.22. The molecule has 5 nitrogen and oxygen atoms in total. The summed E-state index contributed by atoms with van der Waals surface area (Å²) in [6, 6.07) is 10.6. The molecule has 0 saturated heterocycles. The van der Waals surface area contributed by atoms with E-state index in [1.54, 1.807) is 12.1 Å². The van der Waals surface area contributed by atoms with Gasteiger partial charge in [0.1, 0.15) is 0 Å². The predicted octanol–water partition coefficient (Wildman–Crippen LogP) is 2.21. The van der Waals surface area contributed by atoms with Crippen molar-refractivity contribution in [3.05, 3.63) is 64.0 Å². The van der Waals surface area contributed by atoms with E-state index >= 15 is 0 Å². The van der Waals surface area contributed by atoms with Gasteiger partial charge in [-0.3, -0.25) is 10.1 Å². The van der Waals surface area contributed by atoms with Crippen molar-refractivity contribution in [2.75, 3.05) is 0 Å². The van der Waals surface area contributed by atoms with Crippen molar-refractivity contribution in [2.45, 2.75) is 13.1 Å². The molecular formula is C12H13N3O2. The maximum Gasteiger partial charge on any atom is 0.269 e. The molecule has 0 amide bonds. The first-order valence-corrected chi connectivity index (χ1v) is 5.32. The summed E-state index contributed by atoms with van der Waals surface area (Å²) < 4.78 is 0. The van der Waals surface area contributed by atoms with E-state index in [1.807, 2.05) is 24.4 Å². The Balaban J connectivity index is 1.90. The highest BCUT2D eigenvalue weighted by Crippen LogP contribution is 2.12. The fourth-order valence-electron chi connectivity index (χ4n) is 1.60. The maximum absolute atomic E-state index is 10.6. The number of rotatable bonds is 5. The van der Waals surface area contributed by atoms with Gasteiger partial charge in [0.15, 0.2) is 0 Å². The molecular weight excluding hydrogens is 218 g/mol. The summed E-state index contributed by atoms with van der Waals surface area (Å²) in [5, 5.41) is 13.8. The van der Waals surface area contributed by atoms with E-state index in [-0.39, 0.29) is 10.6 Å². The van der Waals surface area contributed by atoms with Gasteiger partial charge in [-0.05, 0) is 17.7 Å². The number of nitro benzene ring substituents is 1. The minimum Gasteiger partial charge on any atom is -0.364 e. The molecule has 2 N–H and O–H groups in total. The number of non-ortho nitro benzene ring substituents is 1. The molecule has 1 aromatic carbocycles. The Morgan fingerprint density at radius 1 is 1.24 bits per heavy atom. The SMILES string of the molecule is O=[N+]([O-])c1cccc(CNCc2ccc[nH]2)c1. The molecule has 1 aromatic heterocycles. The van der Waals surface area contributed by atoms with Gasteiger partial charge in [-0.1, -0.05) is 12.1 Å². The Hall–Kier alpha value is -2.14. The maximum atomic E-state index is 10.6. The molecule has 2 aromatic rings. The lowest BCUT2D eigenvalue weighted by atomic mass is 10.2. The van der Waals surface area contributed by atoms with Gasteiger partial charge in [0.2, 0.25) is 0 Å². The van der Waals surface area contributed by atoms with Gasteiger partial charge < -0.3 is 10.3 Å². The number of nitro groups is 1. The van der Waals surface area contributed by atoms with E-state index in [0.29, 0.717) is 6.54 Å². The second-order valence-electron chi connectivity index (χ2n) is 3.73. The average Bonchev–Trinajstić information content (AvgIpc) is 2.82. The lowest BCUT2D eigenvalue weighted by molar-refractivity contribution is -0.384. The van der Waals surface area contributed by atoms with Crippen LogP contribution in [0.3, 0.4) is 0 Å². The lowest BCUT2D eigenvalue weighted by Gasteiger charge is -2.03. The summed E-state index contributed by atoms with van der Waals surface area (Å²) in [5.74, 6) is 0. The van der Waals surface area contributed by atoms with E-state index in [9.17, 15) is 10.1 Å². The highest BCUT2D eigenvalue weighted by molar-refractivity contribution is 5.34. The minimum absolute atomic E-state index is 0.129. The number of nitrogens with one attached hydrogen (secondary N) is 2. The molecule has 2 rings (SSSR count). The van der Waals surface area contributed by atoms with Crippen molar-refractivity contribution < 1.29 is 4.92 Å². The molecule has 0 bridgehead atoms. The molecule has 0 saturated carbocycles. The van der Waals surface area contributed by atoms with Gasteiger partial charge >= 0.3 is 0 Å². The summed E-state index contributed by atoms with van der Waals surface area (Å²) in [6.45, 7) is 1.33.